The minimum atomic E-state index is -0.299. The van der Waals surface area contributed by atoms with Crippen molar-refractivity contribution in [2.45, 2.75) is 6.92 Å². The maximum absolute atomic E-state index is 12.4. The van der Waals surface area contributed by atoms with E-state index in [0.717, 1.165) is 11.0 Å². The topological polar surface area (TPSA) is 85.1 Å². The van der Waals surface area contributed by atoms with Gasteiger partial charge in [-0.3, -0.25) is 18.7 Å². The summed E-state index contributed by atoms with van der Waals surface area (Å²) in [7, 11) is 3.39. The molecule has 7 nitrogen and oxygen atoms in total. The monoisotopic (exact) mass is 338 g/mol. The number of rotatable bonds is 3. The molecule has 128 valence electrons. The molecule has 3 rings (SSSR count). The van der Waals surface area contributed by atoms with Crippen LogP contribution in [0.1, 0.15) is 17.3 Å². The summed E-state index contributed by atoms with van der Waals surface area (Å²) in [6.45, 7) is 1.41. The highest BCUT2D eigenvalue weighted by atomic mass is 16.2. The molecule has 0 radical (unpaired) electrons. The predicted molar refractivity (Wildman–Crippen MR) is 96.9 cm³/mol. The Bertz CT molecular complexity index is 1050. The molecule has 2 N–H and O–H groups in total. The summed E-state index contributed by atoms with van der Waals surface area (Å²) >= 11 is 0. The van der Waals surface area contributed by atoms with Crippen molar-refractivity contribution in [3.63, 3.8) is 0 Å². The maximum atomic E-state index is 12.4. The number of hydrogen-bond donors (Lipinski definition) is 2. The molecule has 0 aliphatic heterocycles. The molecule has 0 unspecified atom stereocenters. The number of anilines is 2. The molecule has 0 aliphatic carbocycles. The van der Waals surface area contributed by atoms with Crippen LogP contribution in [0.4, 0.5) is 11.4 Å². The Kier molecular flexibility index (Phi) is 4.14. The summed E-state index contributed by atoms with van der Waals surface area (Å²) in [5.41, 5.74) is 2.97. The van der Waals surface area contributed by atoms with Crippen molar-refractivity contribution in [1.82, 2.24) is 9.13 Å². The lowest BCUT2D eigenvalue weighted by Gasteiger charge is -2.08. The number of nitrogens with one attached hydrogen (secondary N) is 2. The molecule has 2 amide bonds. The van der Waals surface area contributed by atoms with E-state index in [4.69, 9.17) is 0 Å². The standard InChI is InChI=1S/C18H18N4O3/c1-11(23)19-13-6-4-5-12(9-13)17(24)20-14-7-8-15-16(10-14)22(3)18(25)21(15)2/h4-10H,1-3H3,(H,19,23)(H,20,24). The van der Waals surface area contributed by atoms with Crippen LogP contribution in [0.25, 0.3) is 11.0 Å². The molecule has 0 saturated carbocycles. The second-order valence-electron chi connectivity index (χ2n) is 5.82. The summed E-state index contributed by atoms with van der Waals surface area (Å²) in [6, 6.07) is 12.0. The summed E-state index contributed by atoms with van der Waals surface area (Å²) in [4.78, 5) is 35.5. The Hall–Kier alpha value is -3.35. The quantitative estimate of drug-likeness (QED) is 0.767. The third-order valence-electron chi connectivity index (χ3n) is 3.97. The van der Waals surface area contributed by atoms with Gasteiger partial charge in [0.1, 0.15) is 0 Å². The molecular weight excluding hydrogens is 320 g/mol. The number of benzene rings is 2. The Morgan fingerprint density at radius 2 is 1.56 bits per heavy atom. The zero-order valence-electron chi connectivity index (χ0n) is 14.2. The SMILES string of the molecule is CC(=O)Nc1cccc(C(=O)Nc2ccc3c(c2)n(C)c(=O)n3C)c1. The van der Waals surface area contributed by atoms with E-state index in [-0.39, 0.29) is 17.5 Å². The molecular formula is C18H18N4O3. The third kappa shape index (κ3) is 3.16. The highest BCUT2D eigenvalue weighted by Crippen LogP contribution is 2.19. The minimum Gasteiger partial charge on any atom is -0.326 e. The van der Waals surface area contributed by atoms with Gasteiger partial charge in [0.2, 0.25) is 5.91 Å². The summed E-state index contributed by atoms with van der Waals surface area (Å²) in [5, 5.41) is 5.46. The number of carbonyl (C=O) groups excluding carboxylic acids is 2. The summed E-state index contributed by atoms with van der Waals surface area (Å²) in [6.07, 6.45) is 0. The molecule has 1 aromatic heterocycles. The highest BCUT2D eigenvalue weighted by Gasteiger charge is 2.11. The van der Waals surface area contributed by atoms with E-state index in [0.29, 0.717) is 16.9 Å². The van der Waals surface area contributed by atoms with Gasteiger partial charge in [-0.2, -0.15) is 0 Å². The Morgan fingerprint density at radius 1 is 0.880 bits per heavy atom. The molecule has 0 spiro atoms. The van der Waals surface area contributed by atoms with E-state index in [2.05, 4.69) is 10.6 Å². The van der Waals surface area contributed by atoms with Crippen molar-refractivity contribution in [2.75, 3.05) is 10.6 Å². The molecule has 0 atom stereocenters. The Morgan fingerprint density at radius 3 is 2.28 bits per heavy atom. The van der Waals surface area contributed by atoms with Crippen LogP contribution in [0.5, 0.6) is 0 Å². The van der Waals surface area contributed by atoms with Crippen molar-refractivity contribution in [2.24, 2.45) is 14.1 Å². The Labute approximate surface area is 143 Å². The van der Waals surface area contributed by atoms with Gasteiger partial charge in [0.05, 0.1) is 11.0 Å². The van der Waals surface area contributed by atoms with Crippen LogP contribution in [-0.4, -0.2) is 20.9 Å². The number of amides is 2. The van der Waals surface area contributed by atoms with Gasteiger partial charge in [0.15, 0.2) is 0 Å². The van der Waals surface area contributed by atoms with Gasteiger partial charge < -0.3 is 10.6 Å². The molecule has 2 aromatic carbocycles. The molecule has 25 heavy (non-hydrogen) atoms. The summed E-state index contributed by atoms with van der Waals surface area (Å²) < 4.78 is 3.08. The third-order valence-corrected chi connectivity index (χ3v) is 3.97. The first kappa shape index (κ1) is 16.5. The average molecular weight is 338 g/mol. The first-order valence-corrected chi connectivity index (χ1v) is 7.71. The van der Waals surface area contributed by atoms with Crippen LogP contribution in [-0.2, 0) is 18.9 Å². The smallest absolute Gasteiger partial charge is 0.326 e. The first-order chi connectivity index (χ1) is 11.9. The number of nitrogens with zero attached hydrogens (tertiary/aromatic N) is 2. The zero-order valence-corrected chi connectivity index (χ0v) is 14.2. The summed E-state index contributed by atoms with van der Waals surface area (Å²) in [5.74, 6) is -0.500. The number of hydrogen-bond acceptors (Lipinski definition) is 3. The molecule has 0 saturated heterocycles. The number of aryl methyl sites for hydroxylation is 2. The van der Waals surface area contributed by atoms with E-state index >= 15 is 0 Å². The van der Waals surface area contributed by atoms with E-state index in [1.807, 2.05) is 0 Å². The number of imidazole rings is 1. The lowest BCUT2D eigenvalue weighted by atomic mass is 10.1. The van der Waals surface area contributed by atoms with Crippen molar-refractivity contribution in [3.8, 4) is 0 Å². The molecule has 0 fully saturated rings. The molecule has 3 aromatic rings. The fourth-order valence-corrected chi connectivity index (χ4v) is 2.73. The van der Waals surface area contributed by atoms with Gasteiger partial charge in [-0.05, 0) is 36.4 Å². The largest absolute Gasteiger partial charge is 0.328 e. The number of aromatic nitrogens is 2. The van der Waals surface area contributed by atoms with Crippen LogP contribution < -0.4 is 16.3 Å². The van der Waals surface area contributed by atoms with Gasteiger partial charge >= 0.3 is 5.69 Å². The zero-order chi connectivity index (χ0) is 18.1. The molecule has 0 aliphatic rings. The van der Waals surface area contributed by atoms with E-state index < -0.39 is 0 Å². The second-order valence-corrected chi connectivity index (χ2v) is 5.82. The first-order valence-electron chi connectivity index (χ1n) is 7.71. The van der Waals surface area contributed by atoms with Crippen LogP contribution in [0.2, 0.25) is 0 Å². The van der Waals surface area contributed by atoms with E-state index in [1.165, 1.54) is 11.5 Å². The van der Waals surface area contributed by atoms with E-state index in [1.54, 1.807) is 61.1 Å². The van der Waals surface area contributed by atoms with E-state index in [9.17, 15) is 14.4 Å². The van der Waals surface area contributed by atoms with Gasteiger partial charge in [0, 0.05) is 38.0 Å². The average Bonchev–Trinajstić information content (AvgIpc) is 2.79. The van der Waals surface area contributed by atoms with Crippen LogP contribution in [0.15, 0.2) is 47.3 Å². The van der Waals surface area contributed by atoms with Crippen LogP contribution in [0, 0.1) is 0 Å². The Balaban J connectivity index is 1.88. The highest BCUT2D eigenvalue weighted by molar-refractivity contribution is 6.06. The lowest BCUT2D eigenvalue weighted by Crippen LogP contribution is -2.19. The fraction of sp³-hybridized carbons (Fsp3) is 0.167. The van der Waals surface area contributed by atoms with Gasteiger partial charge in [-0.1, -0.05) is 6.07 Å². The number of fused-ring (bicyclic) bond motifs is 1. The van der Waals surface area contributed by atoms with Crippen LogP contribution >= 0.6 is 0 Å². The molecule has 0 bridgehead atoms. The lowest BCUT2D eigenvalue weighted by molar-refractivity contribution is -0.114. The minimum absolute atomic E-state index is 0.124. The van der Waals surface area contributed by atoms with Crippen molar-refractivity contribution < 1.29 is 9.59 Å². The van der Waals surface area contributed by atoms with Gasteiger partial charge in [-0.25, -0.2) is 4.79 Å². The van der Waals surface area contributed by atoms with Crippen LogP contribution in [0.3, 0.4) is 0 Å². The molecule has 7 heteroatoms. The second kappa shape index (κ2) is 6.27. The maximum Gasteiger partial charge on any atom is 0.328 e. The fourth-order valence-electron chi connectivity index (χ4n) is 2.73. The molecule has 1 heterocycles. The van der Waals surface area contributed by atoms with Crippen molar-refractivity contribution in [1.29, 1.82) is 0 Å². The van der Waals surface area contributed by atoms with Gasteiger partial charge in [-0.15, -0.1) is 0 Å². The predicted octanol–water partition coefficient (Wildman–Crippen LogP) is 2.09. The normalized spacial score (nSPS) is 10.7. The number of carbonyl (C=O) groups is 2. The van der Waals surface area contributed by atoms with Crippen molar-refractivity contribution >= 4 is 34.2 Å². The van der Waals surface area contributed by atoms with Crippen molar-refractivity contribution in [3.05, 3.63) is 58.5 Å². The van der Waals surface area contributed by atoms with Gasteiger partial charge in [0.25, 0.3) is 5.91 Å².